The molecule has 0 heterocycles. The molecule has 1 rings (SSSR count). The molecule has 80 valence electrons. The number of carbonyl (C=O) groups is 1. The molecule has 0 fully saturated rings. The van der Waals surface area contributed by atoms with E-state index in [-0.39, 0.29) is 12.5 Å². The highest BCUT2D eigenvalue weighted by atomic mass is 16.2. The fraction of sp³-hybridized carbons (Fsp3) is 0.250. The van der Waals surface area contributed by atoms with Crippen LogP contribution >= 0.6 is 0 Å². The second kappa shape index (κ2) is 5.98. The van der Waals surface area contributed by atoms with Crippen molar-refractivity contribution in [3.05, 3.63) is 42.0 Å². The van der Waals surface area contributed by atoms with Gasteiger partial charge in [-0.2, -0.15) is 0 Å². The summed E-state index contributed by atoms with van der Waals surface area (Å²) < 4.78 is 0. The summed E-state index contributed by atoms with van der Waals surface area (Å²) in [7, 11) is 0. The Morgan fingerprint density at radius 1 is 1.53 bits per heavy atom. The van der Waals surface area contributed by atoms with Crippen molar-refractivity contribution < 1.29 is 9.90 Å². The maximum absolute atomic E-state index is 11.3. The number of aliphatic hydroxyl groups excluding tert-OH is 1. The van der Waals surface area contributed by atoms with Crippen LogP contribution in [-0.4, -0.2) is 17.6 Å². The second-order valence-corrected chi connectivity index (χ2v) is 3.13. The second-order valence-electron chi connectivity index (χ2n) is 3.13. The van der Waals surface area contributed by atoms with Crippen molar-refractivity contribution >= 4 is 11.6 Å². The lowest BCUT2D eigenvalue weighted by Crippen LogP contribution is -2.08. The smallest absolute Gasteiger partial charge is 0.248 e. The number of nitrogens with one attached hydrogen (secondary N) is 1. The normalized spacial score (nSPS) is 10.5. The molecule has 2 N–H and O–H groups in total. The third-order valence-electron chi connectivity index (χ3n) is 1.98. The number of hydrogen-bond acceptors (Lipinski definition) is 2. The van der Waals surface area contributed by atoms with Gasteiger partial charge in [0.05, 0.1) is 6.61 Å². The molecule has 0 atom stereocenters. The van der Waals surface area contributed by atoms with E-state index in [1.165, 1.54) is 17.7 Å². The molecule has 1 aromatic carbocycles. The molecule has 0 bridgehead atoms. The highest BCUT2D eigenvalue weighted by Crippen LogP contribution is 2.10. The van der Waals surface area contributed by atoms with Crippen LogP contribution in [0.25, 0.3) is 0 Å². The quantitative estimate of drug-likeness (QED) is 0.735. The SMILES string of the molecule is CCc1cccc(NC(=O)/C=C/CO)c1. The van der Waals surface area contributed by atoms with E-state index in [1.807, 2.05) is 24.3 Å². The summed E-state index contributed by atoms with van der Waals surface area (Å²) in [6, 6.07) is 7.69. The Hall–Kier alpha value is -1.61. The Kier molecular flexibility index (Phi) is 4.57. The van der Waals surface area contributed by atoms with E-state index in [4.69, 9.17) is 5.11 Å². The molecular weight excluding hydrogens is 190 g/mol. The van der Waals surface area contributed by atoms with Crippen molar-refractivity contribution in [2.24, 2.45) is 0 Å². The molecule has 0 unspecified atom stereocenters. The van der Waals surface area contributed by atoms with Crippen molar-refractivity contribution in [2.45, 2.75) is 13.3 Å². The minimum atomic E-state index is -0.225. The van der Waals surface area contributed by atoms with Crippen LogP contribution in [0.15, 0.2) is 36.4 Å². The molecule has 0 spiro atoms. The number of amides is 1. The van der Waals surface area contributed by atoms with E-state index in [9.17, 15) is 4.79 Å². The standard InChI is InChI=1S/C12H15NO2/c1-2-10-5-3-6-11(9-10)13-12(15)7-4-8-14/h3-7,9,14H,2,8H2,1H3,(H,13,15)/b7-4+. The van der Waals surface area contributed by atoms with E-state index in [2.05, 4.69) is 12.2 Å². The number of rotatable bonds is 4. The van der Waals surface area contributed by atoms with Crippen LogP contribution in [0.2, 0.25) is 0 Å². The Morgan fingerprint density at radius 2 is 2.33 bits per heavy atom. The van der Waals surface area contributed by atoms with Crippen molar-refractivity contribution in [3.63, 3.8) is 0 Å². The molecule has 0 aliphatic carbocycles. The van der Waals surface area contributed by atoms with Crippen molar-refractivity contribution in [3.8, 4) is 0 Å². The number of aliphatic hydroxyl groups is 1. The molecule has 3 heteroatoms. The molecule has 0 saturated carbocycles. The zero-order chi connectivity index (χ0) is 11.1. The van der Waals surface area contributed by atoms with Gasteiger partial charge in [-0.3, -0.25) is 4.79 Å². The van der Waals surface area contributed by atoms with Crippen LogP contribution in [0, 0.1) is 0 Å². The monoisotopic (exact) mass is 205 g/mol. The van der Waals surface area contributed by atoms with Crippen molar-refractivity contribution in [2.75, 3.05) is 11.9 Å². The van der Waals surface area contributed by atoms with Crippen LogP contribution in [0.4, 0.5) is 5.69 Å². The predicted molar refractivity (Wildman–Crippen MR) is 60.7 cm³/mol. The van der Waals surface area contributed by atoms with Crippen molar-refractivity contribution in [1.29, 1.82) is 0 Å². The van der Waals surface area contributed by atoms with Gasteiger partial charge < -0.3 is 10.4 Å². The number of benzene rings is 1. The van der Waals surface area contributed by atoms with Crippen LogP contribution in [0.1, 0.15) is 12.5 Å². The molecule has 3 nitrogen and oxygen atoms in total. The zero-order valence-electron chi connectivity index (χ0n) is 8.73. The largest absolute Gasteiger partial charge is 0.392 e. The third kappa shape index (κ3) is 3.95. The van der Waals surface area contributed by atoms with E-state index in [0.29, 0.717) is 0 Å². The summed E-state index contributed by atoms with van der Waals surface area (Å²) in [5, 5.41) is 11.2. The van der Waals surface area contributed by atoms with Gasteiger partial charge in [0.1, 0.15) is 0 Å². The van der Waals surface area contributed by atoms with E-state index >= 15 is 0 Å². The Balaban J connectivity index is 2.64. The molecule has 0 aliphatic rings. The first-order chi connectivity index (χ1) is 7.26. The average molecular weight is 205 g/mol. The number of anilines is 1. The molecular formula is C12H15NO2. The Morgan fingerprint density at radius 3 is 3.00 bits per heavy atom. The highest BCUT2D eigenvalue weighted by Gasteiger charge is 1.97. The van der Waals surface area contributed by atoms with Crippen LogP contribution in [-0.2, 0) is 11.2 Å². The van der Waals surface area contributed by atoms with Gasteiger partial charge in [-0.15, -0.1) is 0 Å². The first kappa shape index (κ1) is 11.5. The van der Waals surface area contributed by atoms with Gasteiger partial charge in [0.2, 0.25) is 5.91 Å². The van der Waals surface area contributed by atoms with Gasteiger partial charge in [-0.25, -0.2) is 0 Å². The van der Waals surface area contributed by atoms with E-state index < -0.39 is 0 Å². The lowest BCUT2D eigenvalue weighted by Gasteiger charge is -2.03. The van der Waals surface area contributed by atoms with Gasteiger partial charge in [0.25, 0.3) is 0 Å². The molecule has 1 aromatic rings. The fourth-order valence-corrected chi connectivity index (χ4v) is 1.21. The average Bonchev–Trinajstić information content (AvgIpc) is 2.26. The molecule has 0 aromatic heterocycles. The van der Waals surface area contributed by atoms with Crippen LogP contribution in [0.3, 0.4) is 0 Å². The number of hydrogen-bond donors (Lipinski definition) is 2. The molecule has 0 aliphatic heterocycles. The van der Waals surface area contributed by atoms with Crippen molar-refractivity contribution in [1.82, 2.24) is 0 Å². The minimum absolute atomic E-state index is 0.123. The Bertz CT molecular complexity index is 358. The summed E-state index contributed by atoms with van der Waals surface area (Å²) in [5.41, 5.74) is 1.96. The lowest BCUT2D eigenvalue weighted by molar-refractivity contribution is -0.111. The number of aryl methyl sites for hydroxylation is 1. The molecule has 0 radical (unpaired) electrons. The summed E-state index contributed by atoms with van der Waals surface area (Å²) in [5.74, 6) is -0.225. The summed E-state index contributed by atoms with van der Waals surface area (Å²) >= 11 is 0. The van der Waals surface area contributed by atoms with Gasteiger partial charge in [0.15, 0.2) is 0 Å². The van der Waals surface area contributed by atoms with Gasteiger partial charge in [-0.1, -0.05) is 25.1 Å². The van der Waals surface area contributed by atoms with Gasteiger partial charge in [0, 0.05) is 11.8 Å². The molecule has 15 heavy (non-hydrogen) atoms. The van der Waals surface area contributed by atoms with E-state index in [1.54, 1.807) is 0 Å². The maximum Gasteiger partial charge on any atom is 0.248 e. The van der Waals surface area contributed by atoms with Gasteiger partial charge in [-0.05, 0) is 24.1 Å². The predicted octanol–water partition coefficient (Wildman–Crippen LogP) is 1.74. The topological polar surface area (TPSA) is 49.3 Å². The molecule has 1 amide bonds. The van der Waals surface area contributed by atoms with E-state index in [0.717, 1.165) is 12.1 Å². The van der Waals surface area contributed by atoms with Crippen LogP contribution < -0.4 is 5.32 Å². The highest BCUT2D eigenvalue weighted by molar-refractivity contribution is 5.99. The van der Waals surface area contributed by atoms with Crippen LogP contribution in [0.5, 0.6) is 0 Å². The summed E-state index contributed by atoms with van der Waals surface area (Å²) in [4.78, 5) is 11.3. The fourth-order valence-electron chi connectivity index (χ4n) is 1.21. The zero-order valence-corrected chi connectivity index (χ0v) is 8.73. The summed E-state index contributed by atoms with van der Waals surface area (Å²) in [6.07, 6.45) is 3.66. The number of carbonyl (C=O) groups excluding carboxylic acids is 1. The third-order valence-corrected chi connectivity index (χ3v) is 1.98. The first-order valence-electron chi connectivity index (χ1n) is 4.93. The lowest BCUT2D eigenvalue weighted by atomic mass is 10.1. The summed E-state index contributed by atoms with van der Waals surface area (Å²) in [6.45, 7) is 1.94. The minimum Gasteiger partial charge on any atom is -0.392 e. The molecule has 0 saturated heterocycles. The van der Waals surface area contributed by atoms with Gasteiger partial charge >= 0.3 is 0 Å². The first-order valence-corrected chi connectivity index (χ1v) is 4.93. The maximum atomic E-state index is 11.3. The Labute approximate surface area is 89.4 Å².